The highest BCUT2D eigenvalue weighted by atomic mass is 35.5. The quantitative estimate of drug-likeness (QED) is 0.458. The van der Waals surface area contributed by atoms with Crippen LogP contribution >= 0.6 is 11.6 Å². The van der Waals surface area contributed by atoms with E-state index >= 15 is 0 Å². The van der Waals surface area contributed by atoms with Gasteiger partial charge in [-0.15, -0.1) is 0 Å². The molecule has 1 aromatic carbocycles. The van der Waals surface area contributed by atoms with Crippen molar-refractivity contribution in [1.82, 2.24) is 14.1 Å². The number of esters is 1. The number of aromatic nitrogens is 3. The summed E-state index contributed by atoms with van der Waals surface area (Å²) < 4.78 is 8.25. The number of nitrogens with zero attached hydrogens (tertiary/aromatic N) is 3. The standard InChI is InChI=1S/C25H29ClN4O3/c1-33-24(31)19-10-11-23(27-15-19)28-16-21(14-18-6-2-3-7-18)30-13-12-29(25(30)32)17-20-8-4-5-9-22(20)26/h4-5,8-13,15,18,21H,2-3,6-7,14,16-17H2,1H3,(H,27,28)/t21-/m0/s1. The molecule has 0 radical (unpaired) electrons. The predicted molar refractivity (Wildman–Crippen MR) is 129 cm³/mol. The van der Waals surface area contributed by atoms with Gasteiger partial charge in [0.1, 0.15) is 5.82 Å². The minimum atomic E-state index is -0.417. The normalized spacial score (nSPS) is 14.8. The molecule has 2 heterocycles. The van der Waals surface area contributed by atoms with E-state index in [0.29, 0.717) is 35.4 Å². The number of hydrogen-bond acceptors (Lipinski definition) is 5. The van der Waals surface area contributed by atoms with Gasteiger partial charge in [-0.3, -0.25) is 9.13 Å². The summed E-state index contributed by atoms with van der Waals surface area (Å²) in [7, 11) is 1.34. The zero-order valence-corrected chi connectivity index (χ0v) is 19.5. The van der Waals surface area contributed by atoms with E-state index in [1.54, 1.807) is 16.7 Å². The van der Waals surface area contributed by atoms with Gasteiger partial charge in [0.2, 0.25) is 0 Å². The Bertz CT molecular complexity index is 1130. The first-order valence-corrected chi connectivity index (χ1v) is 11.7. The number of anilines is 1. The number of carbonyl (C=O) groups excluding carboxylic acids is 1. The molecule has 1 saturated carbocycles. The van der Waals surface area contributed by atoms with Crippen LogP contribution in [-0.2, 0) is 11.3 Å². The second-order valence-corrected chi connectivity index (χ2v) is 8.96. The van der Waals surface area contributed by atoms with E-state index in [-0.39, 0.29) is 11.7 Å². The molecule has 8 heteroatoms. The number of hydrogen-bond donors (Lipinski definition) is 1. The van der Waals surface area contributed by atoms with Crippen LogP contribution in [0.15, 0.2) is 59.8 Å². The molecular formula is C25H29ClN4O3. The molecule has 1 atom stereocenters. The molecule has 3 aromatic rings. The topological polar surface area (TPSA) is 78.1 Å². The molecule has 0 amide bonds. The van der Waals surface area contributed by atoms with Crippen molar-refractivity contribution in [3.05, 3.63) is 81.6 Å². The van der Waals surface area contributed by atoms with Crippen molar-refractivity contribution < 1.29 is 9.53 Å². The van der Waals surface area contributed by atoms with Crippen molar-refractivity contribution in [2.24, 2.45) is 5.92 Å². The fourth-order valence-electron chi connectivity index (χ4n) is 4.52. The highest BCUT2D eigenvalue weighted by Gasteiger charge is 2.23. The van der Waals surface area contributed by atoms with Gasteiger partial charge in [-0.1, -0.05) is 55.5 Å². The number of carbonyl (C=O) groups is 1. The van der Waals surface area contributed by atoms with E-state index < -0.39 is 5.97 Å². The van der Waals surface area contributed by atoms with Crippen LogP contribution in [0.2, 0.25) is 5.02 Å². The third-order valence-corrected chi connectivity index (χ3v) is 6.72. The fraction of sp³-hybridized carbons (Fsp3) is 0.400. The number of imidazole rings is 1. The average Bonchev–Trinajstić information content (AvgIpc) is 3.48. The maximum absolute atomic E-state index is 13.3. The van der Waals surface area contributed by atoms with Crippen LogP contribution in [0.1, 0.15) is 54.1 Å². The number of pyridine rings is 1. The smallest absolute Gasteiger partial charge is 0.339 e. The molecule has 7 nitrogen and oxygen atoms in total. The van der Waals surface area contributed by atoms with E-state index in [1.165, 1.54) is 39.0 Å². The van der Waals surface area contributed by atoms with Gasteiger partial charge in [-0.05, 0) is 36.1 Å². The molecule has 0 aliphatic heterocycles. The molecule has 1 aliphatic carbocycles. The maximum Gasteiger partial charge on any atom is 0.339 e. The second-order valence-electron chi connectivity index (χ2n) is 8.55. The average molecular weight is 469 g/mol. The third kappa shape index (κ3) is 5.66. The van der Waals surface area contributed by atoms with Crippen LogP contribution in [-0.4, -0.2) is 33.7 Å². The Labute approximate surface area is 198 Å². The van der Waals surface area contributed by atoms with Gasteiger partial charge in [-0.25, -0.2) is 14.6 Å². The first-order valence-electron chi connectivity index (χ1n) is 11.3. The number of halogens is 1. The van der Waals surface area contributed by atoms with Gasteiger partial charge in [0.25, 0.3) is 0 Å². The molecule has 0 bridgehead atoms. The van der Waals surface area contributed by atoms with Crippen LogP contribution in [0.25, 0.3) is 0 Å². The zero-order valence-electron chi connectivity index (χ0n) is 18.7. The first-order chi connectivity index (χ1) is 16.0. The van der Waals surface area contributed by atoms with Gasteiger partial charge in [0.15, 0.2) is 0 Å². The Morgan fingerprint density at radius 2 is 2.00 bits per heavy atom. The van der Waals surface area contributed by atoms with Gasteiger partial charge in [0, 0.05) is 30.2 Å². The number of ether oxygens (including phenoxy) is 1. The van der Waals surface area contributed by atoms with Crippen LogP contribution in [0.3, 0.4) is 0 Å². The molecule has 4 rings (SSSR count). The molecule has 2 aromatic heterocycles. The van der Waals surface area contributed by atoms with Gasteiger partial charge < -0.3 is 10.1 Å². The molecular weight excluding hydrogens is 440 g/mol. The Morgan fingerprint density at radius 1 is 1.21 bits per heavy atom. The van der Waals surface area contributed by atoms with E-state index in [9.17, 15) is 9.59 Å². The maximum atomic E-state index is 13.3. The summed E-state index contributed by atoms with van der Waals surface area (Å²) in [4.78, 5) is 29.2. The molecule has 0 spiro atoms. The van der Waals surface area contributed by atoms with Crippen molar-refractivity contribution in [1.29, 1.82) is 0 Å². The third-order valence-electron chi connectivity index (χ3n) is 6.35. The SMILES string of the molecule is COC(=O)c1ccc(NC[C@H](CC2CCCC2)n2ccn(Cc3ccccc3Cl)c2=O)nc1. The second kappa shape index (κ2) is 10.7. The molecule has 1 aliphatic rings. The van der Waals surface area contributed by atoms with Crippen LogP contribution in [0.4, 0.5) is 5.82 Å². The monoisotopic (exact) mass is 468 g/mol. The number of rotatable bonds is 9. The minimum Gasteiger partial charge on any atom is -0.465 e. The largest absolute Gasteiger partial charge is 0.465 e. The lowest BCUT2D eigenvalue weighted by Crippen LogP contribution is -2.32. The van der Waals surface area contributed by atoms with Gasteiger partial charge in [0.05, 0.1) is 25.3 Å². The summed E-state index contributed by atoms with van der Waals surface area (Å²) in [6.07, 6.45) is 11.0. The van der Waals surface area contributed by atoms with Crippen molar-refractivity contribution in [2.45, 2.75) is 44.7 Å². The van der Waals surface area contributed by atoms with Gasteiger partial charge in [-0.2, -0.15) is 0 Å². The Hall–Kier alpha value is -3.06. The Morgan fingerprint density at radius 3 is 2.70 bits per heavy atom. The van der Waals surface area contributed by atoms with Crippen LogP contribution < -0.4 is 11.0 Å². The minimum absolute atomic E-state index is 0.00446. The van der Waals surface area contributed by atoms with Crippen molar-refractivity contribution >= 4 is 23.4 Å². The lowest BCUT2D eigenvalue weighted by atomic mass is 9.98. The lowest BCUT2D eigenvalue weighted by molar-refractivity contribution is 0.0600. The van der Waals surface area contributed by atoms with Crippen molar-refractivity contribution in [3.8, 4) is 0 Å². The molecule has 0 saturated heterocycles. The van der Waals surface area contributed by atoms with E-state index in [2.05, 4.69) is 10.3 Å². The summed E-state index contributed by atoms with van der Waals surface area (Å²) in [6.45, 7) is 1.00. The summed E-state index contributed by atoms with van der Waals surface area (Å²) in [5, 5.41) is 4.00. The molecule has 1 N–H and O–H groups in total. The fourth-order valence-corrected chi connectivity index (χ4v) is 4.72. The van der Waals surface area contributed by atoms with Crippen LogP contribution in [0, 0.1) is 5.92 Å². The highest BCUT2D eigenvalue weighted by molar-refractivity contribution is 6.31. The summed E-state index contributed by atoms with van der Waals surface area (Å²) in [6, 6.07) is 11.0. The summed E-state index contributed by atoms with van der Waals surface area (Å²) in [5.41, 5.74) is 1.27. The van der Waals surface area contributed by atoms with Crippen LogP contribution in [0.5, 0.6) is 0 Å². The van der Waals surface area contributed by atoms with Gasteiger partial charge >= 0.3 is 11.7 Å². The molecule has 33 heavy (non-hydrogen) atoms. The Kier molecular flexibility index (Phi) is 7.50. The molecule has 0 unspecified atom stereocenters. The van der Waals surface area contributed by atoms with E-state index in [1.807, 2.05) is 41.2 Å². The predicted octanol–water partition coefficient (Wildman–Crippen LogP) is 4.77. The highest BCUT2D eigenvalue weighted by Crippen LogP contribution is 2.32. The first kappa shape index (κ1) is 23.1. The number of methoxy groups -OCH3 is 1. The zero-order chi connectivity index (χ0) is 23.2. The van der Waals surface area contributed by atoms with Crippen molar-refractivity contribution in [2.75, 3.05) is 19.0 Å². The van der Waals surface area contributed by atoms with E-state index in [4.69, 9.17) is 16.3 Å². The van der Waals surface area contributed by atoms with Crippen molar-refractivity contribution in [3.63, 3.8) is 0 Å². The Balaban J connectivity index is 1.51. The molecule has 1 fully saturated rings. The van der Waals surface area contributed by atoms with E-state index in [0.717, 1.165) is 12.0 Å². The summed E-state index contributed by atoms with van der Waals surface area (Å²) in [5.74, 6) is 0.854. The number of benzene rings is 1. The summed E-state index contributed by atoms with van der Waals surface area (Å²) >= 11 is 6.30. The lowest BCUT2D eigenvalue weighted by Gasteiger charge is -2.22. The number of nitrogens with one attached hydrogen (secondary N) is 1. The molecule has 174 valence electrons.